The third-order valence-electron chi connectivity index (χ3n) is 5.61. The van der Waals surface area contributed by atoms with Crippen molar-refractivity contribution in [2.75, 3.05) is 12.0 Å². The molecule has 0 unspecified atom stereocenters. The van der Waals surface area contributed by atoms with Gasteiger partial charge in [0.05, 0.1) is 0 Å². The fourth-order valence-electron chi connectivity index (χ4n) is 3.72. The molecule has 1 saturated carbocycles. The zero-order chi connectivity index (χ0) is 17.2. The lowest BCUT2D eigenvalue weighted by atomic mass is 9.75. The molecule has 0 aromatic heterocycles. The Balaban J connectivity index is 2.12. The first-order valence-corrected chi connectivity index (χ1v) is 11.1. The summed E-state index contributed by atoms with van der Waals surface area (Å²) in [5, 5.41) is 0. The van der Waals surface area contributed by atoms with Crippen LogP contribution in [0.1, 0.15) is 60.3 Å². The number of thioether (sulfide) groups is 2. The molecule has 1 aliphatic heterocycles. The molecule has 0 aromatic rings. The average molecular weight is 357 g/mol. The van der Waals surface area contributed by atoms with Crippen LogP contribution in [0.2, 0.25) is 0 Å². The fraction of sp³-hybridized carbons (Fsp3) is 0.842. The van der Waals surface area contributed by atoms with Gasteiger partial charge in [0.1, 0.15) is 6.10 Å². The summed E-state index contributed by atoms with van der Waals surface area (Å²) >= 11 is 3.42. The molecule has 2 rings (SSSR count). The SMILES string of the molecule is CS[C@]1(C(=O)O[C@@H]2C[C@H](C)CC[C@H]2C(C)C)CC(C)=C(C)CS1. The number of hydrogen-bond acceptors (Lipinski definition) is 4. The number of rotatable bonds is 4. The molecule has 0 saturated heterocycles. The quantitative estimate of drug-likeness (QED) is 0.489. The van der Waals surface area contributed by atoms with Crippen LogP contribution in [0.5, 0.6) is 0 Å². The number of ether oxygens (including phenoxy) is 1. The molecule has 0 radical (unpaired) electrons. The van der Waals surface area contributed by atoms with Crippen molar-refractivity contribution in [3.8, 4) is 0 Å². The van der Waals surface area contributed by atoms with Crippen molar-refractivity contribution >= 4 is 29.5 Å². The molecule has 23 heavy (non-hydrogen) atoms. The van der Waals surface area contributed by atoms with E-state index in [4.69, 9.17) is 4.74 Å². The van der Waals surface area contributed by atoms with Crippen LogP contribution in [0, 0.1) is 17.8 Å². The van der Waals surface area contributed by atoms with E-state index in [1.54, 1.807) is 23.5 Å². The smallest absolute Gasteiger partial charge is 0.333 e. The normalized spacial score (nSPS) is 35.5. The first-order chi connectivity index (χ1) is 10.8. The van der Waals surface area contributed by atoms with Gasteiger partial charge in [-0.15, -0.1) is 23.5 Å². The minimum absolute atomic E-state index is 0.00611. The second-order valence-electron chi connectivity index (χ2n) is 7.75. The van der Waals surface area contributed by atoms with Crippen LogP contribution in [0.3, 0.4) is 0 Å². The van der Waals surface area contributed by atoms with E-state index in [-0.39, 0.29) is 12.1 Å². The van der Waals surface area contributed by atoms with Gasteiger partial charge in [-0.3, -0.25) is 0 Å². The van der Waals surface area contributed by atoms with E-state index in [0.29, 0.717) is 17.8 Å². The first kappa shape index (κ1) is 19.2. The summed E-state index contributed by atoms with van der Waals surface area (Å²) < 4.78 is 5.71. The molecule has 2 nitrogen and oxygen atoms in total. The van der Waals surface area contributed by atoms with E-state index in [1.165, 1.54) is 24.0 Å². The Labute approximate surface area is 150 Å². The number of allylic oxidation sites excluding steroid dienone is 1. The predicted octanol–water partition coefficient (Wildman–Crippen LogP) is 5.52. The van der Waals surface area contributed by atoms with Crippen molar-refractivity contribution in [2.45, 2.75) is 70.5 Å². The van der Waals surface area contributed by atoms with Crippen LogP contribution in [0.4, 0.5) is 0 Å². The molecule has 1 aliphatic carbocycles. The van der Waals surface area contributed by atoms with Crippen LogP contribution in [0.15, 0.2) is 11.1 Å². The Kier molecular flexibility index (Phi) is 6.57. The maximum absolute atomic E-state index is 13.1. The minimum Gasteiger partial charge on any atom is -0.460 e. The zero-order valence-corrected chi connectivity index (χ0v) is 17.1. The molecule has 132 valence electrons. The van der Waals surface area contributed by atoms with Crippen molar-refractivity contribution < 1.29 is 9.53 Å². The number of esters is 1. The van der Waals surface area contributed by atoms with Crippen molar-refractivity contribution in [3.05, 3.63) is 11.1 Å². The molecular formula is C19H32O2S2. The largest absolute Gasteiger partial charge is 0.460 e. The summed E-state index contributed by atoms with van der Waals surface area (Å²) in [5.74, 6) is 2.70. The van der Waals surface area contributed by atoms with Crippen LogP contribution >= 0.6 is 23.5 Å². The summed E-state index contributed by atoms with van der Waals surface area (Å²) in [4.78, 5) is 13.1. The molecule has 0 aromatic carbocycles. The van der Waals surface area contributed by atoms with Gasteiger partial charge in [-0.1, -0.05) is 38.3 Å². The van der Waals surface area contributed by atoms with E-state index in [0.717, 1.165) is 18.6 Å². The maximum atomic E-state index is 13.1. The second kappa shape index (κ2) is 7.86. The first-order valence-electron chi connectivity index (χ1n) is 8.84. The molecule has 4 atom stereocenters. The van der Waals surface area contributed by atoms with E-state index >= 15 is 0 Å². The highest BCUT2D eigenvalue weighted by Crippen LogP contribution is 2.48. The van der Waals surface area contributed by atoms with Gasteiger partial charge in [0, 0.05) is 12.2 Å². The van der Waals surface area contributed by atoms with E-state index in [2.05, 4.69) is 34.6 Å². The lowest BCUT2D eigenvalue weighted by molar-refractivity contribution is -0.156. The van der Waals surface area contributed by atoms with E-state index < -0.39 is 4.08 Å². The Bertz CT molecular complexity index is 472. The van der Waals surface area contributed by atoms with Gasteiger partial charge in [0.25, 0.3) is 0 Å². The van der Waals surface area contributed by atoms with Gasteiger partial charge in [0.15, 0.2) is 4.08 Å². The van der Waals surface area contributed by atoms with E-state index in [1.807, 2.05) is 6.26 Å². The highest BCUT2D eigenvalue weighted by Gasteiger charge is 2.45. The van der Waals surface area contributed by atoms with Crippen molar-refractivity contribution in [1.82, 2.24) is 0 Å². The fourth-order valence-corrected chi connectivity index (χ4v) is 6.13. The predicted molar refractivity (Wildman–Crippen MR) is 103 cm³/mol. The van der Waals surface area contributed by atoms with Gasteiger partial charge in [-0.05, 0) is 50.7 Å². The van der Waals surface area contributed by atoms with Gasteiger partial charge in [-0.2, -0.15) is 0 Å². The van der Waals surface area contributed by atoms with Gasteiger partial charge in [-0.25, -0.2) is 4.79 Å². The molecule has 2 aliphatic rings. The molecule has 0 N–H and O–H groups in total. The molecule has 1 fully saturated rings. The lowest BCUT2D eigenvalue weighted by Crippen LogP contribution is -2.43. The summed E-state index contributed by atoms with van der Waals surface area (Å²) in [6, 6.07) is 0. The van der Waals surface area contributed by atoms with Crippen molar-refractivity contribution in [2.24, 2.45) is 17.8 Å². The molecule has 0 spiro atoms. The molecular weight excluding hydrogens is 324 g/mol. The Morgan fingerprint density at radius 2 is 2.00 bits per heavy atom. The summed E-state index contributed by atoms with van der Waals surface area (Å²) in [5.41, 5.74) is 2.77. The molecule has 4 heteroatoms. The molecule has 0 amide bonds. The molecule has 0 bridgehead atoms. The van der Waals surface area contributed by atoms with Crippen LogP contribution in [-0.4, -0.2) is 28.2 Å². The lowest BCUT2D eigenvalue weighted by Gasteiger charge is -2.40. The van der Waals surface area contributed by atoms with Gasteiger partial charge >= 0.3 is 5.97 Å². The number of carbonyl (C=O) groups is 1. The van der Waals surface area contributed by atoms with Crippen molar-refractivity contribution in [1.29, 1.82) is 0 Å². The average Bonchev–Trinajstić information content (AvgIpc) is 2.50. The summed E-state index contributed by atoms with van der Waals surface area (Å²) in [6.45, 7) is 11.1. The standard InChI is InChI=1S/C19H32O2S2/c1-12(2)16-8-7-13(3)9-17(16)21-18(20)19(22-6)10-14(4)15(5)11-23-19/h12-13,16-17H,7-11H2,1-6H3/t13-,16+,17-,19-/m1/s1. The van der Waals surface area contributed by atoms with E-state index in [9.17, 15) is 4.79 Å². The third-order valence-corrected chi connectivity index (χ3v) is 8.79. The number of hydrogen-bond donors (Lipinski definition) is 0. The van der Waals surface area contributed by atoms with Crippen LogP contribution in [0.25, 0.3) is 0 Å². The Hall–Kier alpha value is -0.0900. The van der Waals surface area contributed by atoms with Crippen LogP contribution in [-0.2, 0) is 9.53 Å². The highest BCUT2D eigenvalue weighted by atomic mass is 32.2. The zero-order valence-electron chi connectivity index (χ0n) is 15.5. The minimum atomic E-state index is -0.439. The molecule has 1 heterocycles. The summed E-state index contributed by atoms with van der Waals surface area (Å²) in [6.07, 6.45) is 6.44. The van der Waals surface area contributed by atoms with Gasteiger partial charge < -0.3 is 4.74 Å². The summed E-state index contributed by atoms with van der Waals surface area (Å²) in [7, 11) is 0. The Morgan fingerprint density at radius 3 is 2.57 bits per heavy atom. The third kappa shape index (κ3) is 4.31. The monoisotopic (exact) mass is 356 g/mol. The topological polar surface area (TPSA) is 26.3 Å². The highest BCUT2D eigenvalue weighted by molar-refractivity contribution is 8.19. The Morgan fingerprint density at radius 1 is 1.30 bits per heavy atom. The number of carbonyl (C=O) groups excluding carboxylic acids is 1. The van der Waals surface area contributed by atoms with Gasteiger partial charge in [0.2, 0.25) is 0 Å². The maximum Gasteiger partial charge on any atom is 0.333 e. The second-order valence-corrected chi connectivity index (χ2v) is 10.4. The van der Waals surface area contributed by atoms with Crippen molar-refractivity contribution in [3.63, 3.8) is 0 Å². The van der Waals surface area contributed by atoms with Crippen LogP contribution < -0.4 is 0 Å².